The maximum atomic E-state index is 13.1. The molecular weight excluding hydrogens is 482 g/mol. The molecule has 158 valence electrons. The molecule has 0 bridgehead atoms. The number of hydrogen-bond acceptors (Lipinski definition) is 6. The number of methoxy groups -OCH3 is 1. The molecule has 0 saturated heterocycles. The Morgan fingerprint density at radius 2 is 1.81 bits per heavy atom. The highest BCUT2D eigenvalue weighted by Crippen LogP contribution is 2.37. The van der Waals surface area contributed by atoms with E-state index < -0.39 is 17.5 Å². The summed E-state index contributed by atoms with van der Waals surface area (Å²) in [4.78, 5) is 29.0. The van der Waals surface area contributed by atoms with Crippen molar-refractivity contribution in [1.29, 1.82) is 0 Å². The fraction of sp³-hybridized carbons (Fsp3) is 0.136. The smallest absolute Gasteiger partial charge is 0.447 e. The summed E-state index contributed by atoms with van der Waals surface area (Å²) in [5.41, 5.74) is 10.7. The summed E-state index contributed by atoms with van der Waals surface area (Å²) in [6, 6.07) is 16.6. The van der Waals surface area contributed by atoms with Crippen molar-refractivity contribution in [2.24, 2.45) is 0 Å². The molecule has 0 atom stereocenters. The first kappa shape index (κ1) is 22.4. The van der Waals surface area contributed by atoms with Crippen molar-refractivity contribution in [3.05, 3.63) is 69.5 Å². The number of ketones is 1. The second kappa shape index (κ2) is 10.2. The van der Waals surface area contributed by atoms with E-state index in [1.54, 1.807) is 14.0 Å². The van der Waals surface area contributed by atoms with Crippen LogP contribution in [-0.2, 0) is 9.53 Å². The van der Waals surface area contributed by atoms with Gasteiger partial charge in [0.25, 0.3) is 5.78 Å². The molecule has 3 aromatic rings. The molecule has 0 amide bonds. The highest BCUT2D eigenvalue weighted by Gasteiger charge is 2.35. The van der Waals surface area contributed by atoms with Gasteiger partial charge in [-0.25, -0.2) is 4.79 Å². The van der Waals surface area contributed by atoms with Gasteiger partial charge in [0, 0.05) is 15.0 Å². The first-order valence-corrected chi connectivity index (χ1v) is 10.8. The molecule has 7 nitrogen and oxygen atoms in total. The van der Waals surface area contributed by atoms with Crippen molar-refractivity contribution in [1.82, 2.24) is 0 Å². The van der Waals surface area contributed by atoms with Crippen LogP contribution in [0.15, 0.2) is 59.1 Å². The molecule has 0 fully saturated rings. The Morgan fingerprint density at radius 3 is 2.39 bits per heavy atom. The summed E-state index contributed by atoms with van der Waals surface area (Å²) in [7, 11) is 1.59. The molecular formula is C22H18BrN3O4S. The highest BCUT2D eigenvalue weighted by molar-refractivity contribution is 9.10. The Balaban J connectivity index is 2.04. The lowest BCUT2D eigenvalue weighted by molar-refractivity contribution is -0.139. The molecule has 0 spiro atoms. The fourth-order valence-corrected chi connectivity index (χ4v) is 4.05. The van der Waals surface area contributed by atoms with Gasteiger partial charge < -0.3 is 20.3 Å². The van der Waals surface area contributed by atoms with Gasteiger partial charge in [-0.1, -0.05) is 15.9 Å². The Morgan fingerprint density at radius 1 is 1.13 bits per heavy atom. The lowest BCUT2D eigenvalue weighted by Crippen LogP contribution is -2.27. The Kier molecular flexibility index (Phi) is 7.36. The molecule has 2 aromatic carbocycles. The summed E-state index contributed by atoms with van der Waals surface area (Å²) in [5, 5.41) is 3.20. The molecule has 1 heterocycles. The summed E-state index contributed by atoms with van der Waals surface area (Å²) in [5.74, 6) is -1.00. The Labute approximate surface area is 191 Å². The molecule has 0 aliphatic carbocycles. The van der Waals surface area contributed by atoms with E-state index in [4.69, 9.17) is 9.47 Å². The van der Waals surface area contributed by atoms with Gasteiger partial charge >= 0.3 is 11.7 Å². The molecule has 0 radical (unpaired) electrons. The van der Waals surface area contributed by atoms with E-state index in [-0.39, 0.29) is 11.5 Å². The number of anilines is 2. The second-order valence-corrected chi connectivity index (χ2v) is 8.18. The predicted octanol–water partition coefficient (Wildman–Crippen LogP) is 5.35. The number of Topliss-reactive ketones (excluding diaryl/α,β-unsaturated/α-hetero) is 1. The maximum absolute atomic E-state index is 13.1. The van der Waals surface area contributed by atoms with E-state index in [1.165, 1.54) is 11.3 Å². The predicted molar refractivity (Wildman–Crippen MR) is 123 cm³/mol. The van der Waals surface area contributed by atoms with Crippen LogP contribution in [0, 0.1) is 0 Å². The molecule has 0 unspecified atom stereocenters. The summed E-state index contributed by atoms with van der Waals surface area (Å²) in [6.45, 7) is 1.65. The minimum atomic E-state index is -0.982. The van der Waals surface area contributed by atoms with Crippen LogP contribution >= 0.6 is 27.3 Å². The van der Waals surface area contributed by atoms with Crippen LogP contribution in [0.2, 0.25) is 0 Å². The maximum Gasteiger partial charge on any atom is 0.447 e. The summed E-state index contributed by atoms with van der Waals surface area (Å²) < 4.78 is 10.9. The molecule has 0 saturated carbocycles. The minimum absolute atomic E-state index is 0.0523. The molecule has 9 heteroatoms. The monoisotopic (exact) mass is 499 g/mol. The topological polar surface area (TPSA) is 101 Å². The van der Waals surface area contributed by atoms with Crippen LogP contribution in [0.3, 0.4) is 0 Å². The van der Waals surface area contributed by atoms with E-state index in [2.05, 4.69) is 26.0 Å². The number of rotatable bonds is 8. The molecule has 31 heavy (non-hydrogen) atoms. The standard InChI is InChI=1S/C22H18BrN3O4S/c1-3-30-22(28)19(26-24)20(27)21-17(25-15-8-6-14(23)7-9-15)12-18(31-21)13-4-10-16(29-2)11-5-13/h4-12,25H,3H2,1-2H3. The van der Waals surface area contributed by atoms with Crippen molar-refractivity contribution in [3.8, 4) is 16.2 Å². The van der Waals surface area contributed by atoms with Gasteiger partial charge in [-0.3, -0.25) is 4.79 Å². The Hall–Kier alpha value is -3.26. The van der Waals surface area contributed by atoms with Gasteiger partial charge in [-0.05, 0) is 67.1 Å². The number of nitrogens with zero attached hydrogens (tertiary/aromatic N) is 2. The quantitative estimate of drug-likeness (QED) is 0.112. The second-order valence-electron chi connectivity index (χ2n) is 6.21. The number of esters is 1. The Bertz CT molecular complexity index is 1150. The number of halogens is 1. The van der Waals surface area contributed by atoms with Crippen molar-refractivity contribution in [2.75, 3.05) is 19.0 Å². The zero-order valence-electron chi connectivity index (χ0n) is 16.7. The van der Waals surface area contributed by atoms with Gasteiger partial charge in [0.1, 0.15) is 10.6 Å². The van der Waals surface area contributed by atoms with Crippen LogP contribution in [0.25, 0.3) is 16.0 Å². The number of nitrogens with one attached hydrogen (secondary N) is 1. The van der Waals surface area contributed by atoms with E-state index in [9.17, 15) is 15.1 Å². The van der Waals surface area contributed by atoms with Crippen molar-refractivity contribution in [2.45, 2.75) is 6.92 Å². The fourth-order valence-electron chi connectivity index (χ4n) is 2.72. The summed E-state index contributed by atoms with van der Waals surface area (Å²) in [6.07, 6.45) is 0. The van der Waals surface area contributed by atoms with E-state index in [1.807, 2.05) is 54.6 Å². The molecule has 0 aliphatic heterocycles. The molecule has 1 N–H and O–H groups in total. The first-order chi connectivity index (χ1) is 15.0. The van der Waals surface area contributed by atoms with Crippen molar-refractivity contribution in [3.63, 3.8) is 0 Å². The van der Waals surface area contributed by atoms with Gasteiger partial charge in [0.15, 0.2) is 0 Å². The minimum Gasteiger partial charge on any atom is -0.497 e. The van der Waals surface area contributed by atoms with Gasteiger partial charge in [0.2, 0.25) is 0 Å². The number of carbonyl (C=O) groups excluding carboxylic acids is 2. The van der Waals surface area contributed by atoms with Gasteiger partial charge in [-0.2, -0.15) is 4.79 Å². The third-order valence-electron chi connectivity index (χ3n) is 4.22. The number of hydrogen-bond donors (Lipinski definition) is 1. The average Bonchev–Trinajstić information content (AvgIpc) is 3.20. The number of carbonyl (C=O) groups is 2. The van der Waals surface area contributed by atoms with E-state index >= 15 is 0 Å². The van der Waals surface area contributed by atoms with Crippen LogP contribution in [0.5, 0.6) is 5.75 Å². The van der Waals surface area contributed by atoms with Crippen molar-refractivity contribution < 1.29 is 23.9 Å². The zero-order chi connectivity index (χ0) is 22.4. The van der Waals surface area contributed by atoms with Crippen molar-refractivity contribution >= 4 is 56.1 Å². The van der Waals surface area contributed by atoms with E-state index in [0.29, 0.717) is 11.4 Å². The molecule has 3 rings (SSSR count). The molecule has 0 aliphatic rings. The molecule has 1 aromatic heterocycles. The number of thiophene rings is 1. The third-order valence-corrected chi connectivity index (χ3v) is 5.93. The van der Waals surface area contributed by atoms with Gasteiger partial charge in [-0.15, -0.1) is 11.3 Å². The SMILES string of the molecule is CCOC(=O)C(=[N+]=[N-])C(=O)c1sc(-c2ccc(OC)cc2)cc1Nc1ccc(Br)cc1. The van der Waals surface area contributed by atoms with E-state index in [0.717, 1.165) is 20.6 Å². The average molecular weight is 500 g/mol. The first-order valence-electron chi connectivity index (χ1n) is 9.21. The highest BCUT2D eigenvalue weighted by atomic mass is 79.9. The number of ether oxygens (including phenoxy) is 2. The lowest BCUT2D eigenvalue weighted by atomic mass is 10.1. The largest absolute Gasteiger partial charge is 0.497 e. The lowest BCUT2D eigenvalue weighted by Gasteiger charge is -2.06. The normalized spacial score (nSPS) is 10.2. The van der Waals surface area contributed by atoms with Gasteiger partial charge in [0.05, 0.1) is 19.4 Å². The van der Waals surface area contributed by atoms with Crippen LogP contribution in [-0.4, -0.2) is 36.0 Å². The number of benzene rings is 2. The van der Waals surface area contributed by atoms with Crippen LogP contribution in [0.4, 0.5) is 11.4 Å². The third kappa shape index (κ3) is 5.27. The summed E-state index contributed by atoms with van der Waals surface area (Å²) >= 11 is 4.56. The van der Waals surface area contributed by atoms with Crippen LogP contribution < -0.4 is 10.1 Å². The van der Waals surface area contributed by atoms with Crippen LogP contribution in [0.1, 0.15) is 16.6 Å². The zero-order valence-corrected chi connectivity index (χ0v) is 19.1.